The molecule has 0 saturated heterocycles. The van der Waals surface area contributed by atoms with E-state index in [0.29, 0.717) is 37.4 Å². The molecule has 1 aromatic heterocycles. The fraction of sp³-hybridized carbons (Fsp3) is 0.444. The lowest BCUT2D eigenvalue weighted by Gasteiger charge is -2.52. The summed E-state index contributed by atoms with van der Waals surface area (Å²) in [6, 6.07) is 20.7. The van der Waals surface area contributed by atoms with Crippen LogP contribution >= 0.6 is 0 Å². The maximum absolute atomic E-state index is 15.1. The van der Waals surface area contributed by atoms with E-state index in [0.717, 1.165) is 47.3 Å². The highest BCUT2D eigenvalue weighted by Crippen LogP contribution is 2.57. The summed E-state index contributed by atoms with van der Waals surface area (Å²) in [5.74, 6) is -3.41. The number of carbonyl (C=O) groups is 2. The fourth-order valence-electron chi connectivity index (χ4n) is 8.90. The van der Waals surface area contributed by atoms with E-state index in [4.69, 9.17) is 19.7 Å². The Bertz CT molecular complexity index is 2090. The average molecular weight is 778 g/mol. The minimum atomic E-state index is -2.63. The molecular formula is C45H55N5O7. The Hall–Kier alpha value is -5.17. The van der Waals surface area contributed by atoms with Gasteiger partial charge in [-0.2, -0.15) is 0 Å². The Kier molecular flexibility index (Phi) is 11.5. The summed E-state index contributed by atoms with van der Waals surface area (Å²) in [5.41, 5.74) is 9.28. The van der Waals surface area contributed by atoms with E-state index in [1.807, 2.05) is 62.3 Å². The standard InChI is InChI=1S/C45H55N5O7/c1-7-9-21-55-40-32(50(25-27-17-13-11-14-18-27)26-28-19-15-12-16-20-28)24-31(48(3)4)29-23-30-34(39(51)33(29)40)42(52)45(54)36(37(30)46)38(49(5)6)41-35(43(45)53)44(47-57-41)56-22-10-8-2/h11-20,24,30,36-38,51,54H,7-10,21-23,25-26,46H2,1-6H3/t30-,36+,37+,38+,45+/m1/s1. The Morgan fingerprint density at radius 1 is 0.860 bits per heavy atom. The van der Waals surface area contributed by atoms with E-state index in [2.05, 4.69) is 47.3 Å². The summed E-state index contributed by atoms with van der Waals surface area (Å²) in [6.07, 6.45) is 3.45. The first-order chi connectivity index (χ1) is 27.4. The average Bonchev–Trinajstić information content (AvgIpc) is 3.61. The third kappa shape index (κ3) is 6.97. The van der Waals surface area contributed by atoms with Gasteiger partial charge in [0.2, 0.25) is 11.6 Å². The Morgan fingerprint density at radius 3 is 2.02 bits per heavy atom. The number of benzene rings is 3. The summed E-state index contributed by atoms with van der Waals surface area (Å²) < 4.78 is 18.4. The summed E-state index contributed by atoms with van der Waals surface area (Å²) in [6.45, 7) is 5.80. The smallest absolute Gasteiger partial charge is 0.265 e. The lowest BCUT2D eigenvalue weighted by molar-refractivity contribution is -0.144. The third-order valence-electron chi connectivity index (χ3n) is 11.7. The first kappa shape index (κ1) is 40.0. The molecular weight excluding hydrogens is 723 g/mol. The zero-order valence-corrected chi connectivity index (χ0v) is 33.8. The number of nitrogens with zero attached hydrogens (tertiary/aromatic N) is 4. The van der Waals surface area contributed by atoms with Crippen LogP contribution in [-0.2, 0) is 24.3 Å². The van der Waals surface area contributed by atoms with E-state index >= 15 is 4.79 Å². The third-order valence-corrected chi connectivity index (χ3v) is 11.7. The van der Waals surface area contributed by atoms with Gasteiger partial charge in [-0.3, -0.25) is 14.5 Å². The maximum atomic E-state index is 15.1. The van der Waals surface area contributed by atoms with Gasteiger partial charge in [-0.05, 0) is 61.3 Å². The van der Waals surface area contributed by atoms with Gasteiger partial charge >= 0.3 is 0 Å². The number of anilines is 2. The van der Waals surface area contributed by atoms with Crippen molar-refractivity contribution >= 4 is 28.7 Å². The van der Waals surface area contributed by atoms with Crippen molar-refractivity contribution in [1.82, 2.24) is 10.1 Å². The monoisotopic (exact) mass is 777 g/mol. The van der Waals surface area contributed by atoms with Crippen molar-refractivity contribution in [3.05, 3.63) is 106 Å². The molecule has 3 aliphatic carbocycles. The molecule has 12 heteroatoms. The van der Waals surface area contributed by atoms with Crippen molar-refractivity contribution in [1.29, 1.82) is 0 Å². The van der Waals surface area contributed by atoms with Crippen molar-refractivity contribution in [2.75, 3.05) is 51.2 Å². The Balaban J connectivity index is 1.43. The van der Waals surface area contributed by atoms with Crippen LogP contribution in [0.15, 0.2) is 76.8 Å². The zero-order chi connectivity index (χ0) is 40.6. The Labute approximate surface area is 334 Å². The van der Waals surface area contributed by atoms with Crippen LogP contribution in [0.2, 0.25) is 0 Å². The van der Waals surface area contributed by atoms with Crippen LogP contribution in [0.5, 0.6) is 11.6 Å². The fourth-order valence-corrected chi connectivity index (χ4v) is 8.90. The summed E-state index contributed by atoms with van der Waals surface area (Å²) in [5, 5.41) is 29.5. The number of fused-ring (bicyclic) bond motifs is 4. The van der Waals surface area contributed by atoms with Crippen molar-refractivity contribution in [3.63, 3.8) is 0 Å². The van der Waals surface area contributed by atoms with E-state index < -0.39 is 41.1 Å². The number of aliphatic hydroxyl groups is 2. The molecule has 1 heterocycles. The molecule has 0 aliphatic heterocycles. The zero-order valence-electron chi connectivity index (χ0n) is 33.8. The molecule has 302 valence electrons. The van der Waals surface area contributed by atoms with E-state index in [9.17, 15) is 15.0 Å². The molecule has 4 aromatic rings. The van der Waals surface area contributed by atoms with Gasteiger partial charge in [0.25, 0.3) is 5.88 Å². The van der Waals surface area contributed by atoms with Crippen molar-refractivity contribution in [3.8, 4) is 11.6 Å². The Morgan fingerprint density at radius 2 is 1.46 bits per heavy atom. The number of ketones is 2. The molecule has 12 nitrogen and oxygen atoms in total. The molecule has 0 unspecified atom stereocenters. The van der Waals surface area contributed by atoms with Crippen LogP contribution in [0, 0.1) is 11.8 Å². The number of ether oxygens (including phenoxy) is 2. The van der Waals surface area contributed by atoms with Crippen LogP contribution in [0.4, 0.5) is 11.4 Å². The molecule has 0 radical (unpaired) electrons. The predicted octanol–water partition coefficient (Wildman–Crippen LogP) is 6.50. The van der Waals surface area contributed by atoms with Gasteiger partial charge in [0.15, 0.2) is 17.1 Å². The van der Waals surface area contributed by atoms with Gasteiger partial charge in [-0.25, -0.2) is 0 Å². The molecule has 3 aliphatic rings. The molecule has 5 atom stereocenters. The van der Waals surface area contributed by atoms with E-state index in [1.54, 1.807) is 19.0 Å². The highest BCUT2D eigenvalue weighted by Gasteiger charge is 2.68. The minimum absolute atomic E-state index is 0.0679. The molecule has 1 fully saturated rings. The quantitative estimate of drug-likeness (QED) is 0.0892. The number of aliphatic hydroxyl groups excluding tert-OH is 1. The summed E-state index contributed by atoms with van der Waals surface area (Å²) >= 11 is 0. The second-order valence-electron chi connectivity index (χ2n) is 16.0. The molecule has 0 bridgehead atoms. The van der Waals surface area contributed by atoms with Crippen molar-refractivity contribution in [2.24, 2.45) is 17.6 Å². The van der Waals surface area contributed by atoms with Crippen molar-refractivity contribution in [2.45, 2.75) is 76.7 Å². The topological polar surface area (TPSA) is 155 Å². The molecule has 0 amide bonds. The lowest BCUT2D eigenvalue weighted by Crippen LogP contribution is -2.69. The first-order valence-corrected chi connectivity index (χ1v) is 20.1. The number of unbranched alkanes of at least 4 members (excludes halogenated alkanes) is 2. The lowest BCUT2D eigenvalue weighted by atomic mass is 9.55. The van der Waals surface area contributed by atoms with Gasteiger partial charge in [0.05, 0.1) is 30.5 Å². The second-order valence-corrected chi connectivity index (χ2v) is 16.0. The minimum Gasteiger partial charge on any atom is -0.507 e. The van der Waals surface area contributed by atoms with Gasteiger partial charge in [0.1, 0.15) is 11.3 Å². The SMILES string of the molecule is CCCCOc1noc2c1C(=O)[C@@]1(O)C(=O)C3=C(O)c4c(c(N(C)C)cc(N(Cc5ccccc5)Cc5ccccc5)c4OCCCC)C[C@H]3[C@H](N)[C@H]1[C@@H]2N(C)C. The van der Waals surface area contributed by atoms with Gasteiger partial charge < -0.3 is 39.7 Å². The van der Waals surface area contributed by atoms with E-state index in [-0.39, 0.29) is 41.6 Å². The molecule has 0 spiro atoms. The number of Topliss-reactive ketones (excluding diaryl/α,β-unsaturated/α-hetero) is 2. The normalized spacial score (nSPS) is 22.5. The van der Waals surface area contributed by atoms with Crippen LogP contribution in [0.3, 0.4) is 0 Å². The highest BCUT2D eigenvalue weighted by molar-refractivity contribution is 6.26. The number of carbonyl (C=O) groups excluding carboxylic acids is 2. The van der Waals surface area contributed by atoms with Crippen molar-refractivity contribution < 1.29 is 33.8 Å². The number of hydrogen-bond acceptors (Lipinski definition) is 12. The van der Waals surface area contributed by atoms with Crippen LogP contribution in [0.25, 0.3) is 5.76 Å². The largest absolute Gasteiger partial charge is 0.507 e. The number of hydrogen-bond donors (Lipinski definition) is 3. The van der Waals surface area contributed by atoms with Gasteiger partial charge in [-0.1, -0.05) is 87.4 Å². The summed E-state index contributed by atoms with van der Waals surface area (Å²) in [4.78, 5) is 35.8. The second kappa shape index (κ2) is 16.4. The van der Waals surface area contributed by atoms with Crippen LogP contribution < -0.4 is 25.0 Å². The summed E-state index contributed by atoms with van der Waals surface area (Å²) in [7, 11) is 7.46. The first-order valence-electron chi connectivity index (χ1n) is 20.1. The molecule has 7 rings (SSSR count). The maximum Gasteiger partial charge on any atom is 0.265 e. The van der Waals surface area contributed by atoms with E-state index in [1.165, 1.54) is 0 Å². The van der Waals surface area contributed by atoms with Gasteiger partial charge in [0, 0.05) is 56.3 Å². The number of aromatic nitrogens is 1. The number of nitrogens with two attached hydrogens (primary N) is 1. The van der Waals surface area contributed by atoms with Crippen LogP contribution in [-0.4, -0.2) is 84.9 Å². The molecule has 57 heavy (non-hydrogen) atoms. The van der Waals surface area contributed by atoms with Gasteiger partial charge in [-0.15, -0.1) is 0 Å². The predicted molar refractivity (Wildman–Crippen MR) is 220 cm³/mol. The van der Waals surface area contributed by atoms with Crippen LogP contribution in [0.1, 0.15) is 83.9 Å². The highest BCUT2D eigenvalue weighted by atomic mass is 16.5. The molecule has 3 aromatic carbocycles. The molecule has 1 saturated carbocycles. The molecule has 4 N–H and O–H groups in total. The number of rotatable bonds is 15.